The lowest BCUT2D eigenvalue weighted by molar-refractivity contribution is 0.242. The fraction of sp³-hybridized carbons (Fsp3) is 0.333. The van der Waals surface area contributed by atoms with Crippen LogP contribution in [0, 0.1) is 0 Å². The highest BCUT2D eigenvalue weighted by Gasteiger charge is 2.18. The predicted octanol–water partition coefficient (Wildman–Crippen LogP) is 3.60. The van der Waals surface area contributed by atoms with E-state index in [1.165, 1.54) is 0 Å². The Morgan fingerprint density at radius 3 is 2.58 bits per heavy atom. The first-order valence-corrected chi connectivity index (χ1v) is 9.48. The van der Waals surface area contributed by atoms with Crippen molar-refractivity contribution < 1.29 is 17.9 Å². The molecule has 0 spiro atoms. The van der Waals surface area contributed by atoms with Crippen LogP contribution < -0.4 is 14.2 Å². The van der Waals surface area contributed by atoms with E-state index in [0.717, 1.165) is 24.2 Å². The fourth-order valence-corrected chi connectivity index (χ4v) is 3.70. The summed E-state index contributed by atoms with van der Waals surface area (Å²) in [6.45, 7) is 4.56. The van der Waals surface area contributed by atoms with Crippen molar-refractivity contribution in [2.45, 2.75) is 37.7 Å². The molecule has 0 amide bonds. The molecule has 0 radical (unpaired) electrons. The van der Waals surface area contributed by atoms with E-state index < -0.39 is 10.0 Å². The number of hydrogen-bond donors (Lipinski definition) is 1. The van der Waals surface area contributed by atoms with Crippen molar-refractivity contribution >= 4 is 15.7 Å². The highest BCUT2D eigenvalue weighted by atomic mass is 32.2. The molecule has 128 valence electrons. The van der Waals surface area contributed by atoms with Crippen LogP contribution in [0.15, 0.2) is 47.4 Å². The molecule has 1 aliphatic rings. The number of ether oxygens (including phenoxy) is 2. The zero-order valence-corrected chi connectivity index (χ0v) is 14.6. The van der Waals surface area contributed by atoms with Crippen molar-refractivity contribution in [3.63, 3.8) is 0 Å². The van der Waals surface area contributed by atoms with Gasteiger partial charge in [0.15, 0.2) is 0 Å². The molecule has 1 aliphatic heterocycles. The molecule has 3 rings (SSSR count). The molecule has 5 nitrogen and oxygen atoms in total. The summed E-state index contributed by atoms with van der Waals surface area (Å²) in [6.07, 6.45) is 1.81. The maximum Gasteiger partial charge on any atom is 0.261 e. The molecule has 0 bridgehead atoms. The summed E-state index contributed by atoms with van der Waals surface area (Å²) in [4.78, 5) is 0.245. The van der Waals surface area contributed by atoms with Crippen LogP contribution in [0.3, 0.4) is 0 Å². The van der Waals surface area contributed by atoms with Crippen molar-refractivity contribution in [1.82, 2.24) is 0 Å². The SMILES string of the molecule is CC(C)Oc1ccc(NS(=O)(=O)c2ccc3c(c2)CCCO3)cc1. The molecule has 1 heterocycles. The van der Waals surface area contributed by atoms with Gasteiger partial charge in [0.1, 0.15) is 11.5 Å². The van der Waals surface area contributed by atoms with Gasteiger partial charge in [-0.05, 0) is 74.7 Å². The van der Waals surface area contributed by atoms with E-state index in [4.69, 9.17) is 9.47 Å². The second-order valence-electron chi connectivity index (χ2n) is 6.02. The molecular formula is C18H21NO4S. The third-order valence-corrected chi connectivity index (χ3v) is 5.05. The Kier molecular flexibility index (Phi) is 4.66. The standard InChI is InChI=1S/C18H21NO4S/c1-13(2)23-16-7-5-15(6-8-16)19-24(20,21)17-9-10-18-14(12-17)4-3-11-22-18/h5-10,12-13,19H,3-4,11H2,1-2H3. The van der Waals surface area contributed by atoms with Gasteiger partial charge in [-0.3, -0.25) is 4.72 Å². The van der Waals surface area contributed by atoms with Crippen LogP contribution in [0.2, 0.25) is 0 Å². The highest BCUT2D eigenvalue weighted by Crippen LogP contribution is 2.28. The van der Waals surface area contributed by atoms with Crippen LogP contribution in [0.1, 0.15) is 25.8 Å². The number of rotatable bonds is 5. The Labute approximate surface area is 142 Å². The molecule has 2 aromatic rings. The summed E-state index contributed by atoms with van der Waals surface area (Å²) in [5.74, 6) is 1.48. The van der Waals surface area contributed by atoms with Crippen LogP contribution in [-0.2, 0) is 16.4 Å². The van der Waals surface area contributed by atoms with Crippen molar-refractivity contribution in [3.05, 3.63) is 48.0 Å². The third kappa shape index (κ3) is 3.82. The maximum absolute atomic E-state index is 12.6. The van der Waals surface area contributed by atoms with Gasteiger partial charge >= 0.3 is 0 Å². The summed E-state index contributed by atoms with van der Waals surface area (Å²) >= 11 is 0. The molecule has 0 atom stereocenters. The Morgan fingerprint density at radius 2 is 1.88 bits per heavy atom. The minimum Gasteiger partial charge on any atom is -0.493 e. The van der Waals surface area contributed by atoms with Gasteiger partial charge in [0.05, 0.1) is 17.6 Å². The lowest BCUT2D eigenvalue weighted by Gasteiger charge is -2.18. The molecule has 1 N–H and O–H groups in total. The number of sulfonamides is 1. The molecule has 24 heavy (non-hydrogen) atoms. The van der Waals surface area contributed by atoms with Crippen LogP contribution in [0.4, 0.5) is 5.69 Å². The van der Waals surface area contributed by atoms with E-state index in [0.29, 0.717) is 18.0 Å². The first kappa shape index (κ1) is 16.6. The van der Waals surface area contributed by atoms with Crippen LogP contribution in [0.5, 0.6) is 11.5 Å². The molecule has 6 heteroatoms. The monoisotopic (exact) mass is 347 g/mol. The smallest absolute Gasteiger partial charge is 0.261 e. The summed E-state index contributed by atoms with van der Waals surface area (Å²) in [5, 5.41) is 0. The van der Waals surface area contributed by atoms with E-state index in [-0.39, 0.29) is 11.0 Å². The summed E-state index contributed by atoms with van der Waals surface area (Å²) < 4.78 is 38.8. The molecule has 2 aromatic carbocycles. The first-order chi connectivity index (χ1) is 11.4. The van der Waals surface area contributed by atoms with Crippen molar-refractivity contribution in [2.24, 2.45) is 0 Å². The van der Waals surface area contributed by atoms with Crippen LogP contribution >= 0.6 is 0 Å². The van der Waals surface area contributed by atoms with Gasteiger partial charge in [0.25, 0.3) is 10.0 Å². The normalized spacial score (nSPS) is 14.0. The molecule has 0 unspecified atom stereocenters. The fourth-order valence-electron chi connectivity index (χ4n) is 2.59. The maximum atomic E-state index is 12.6. The van der Waals surface area contributed by atoms with Gasteiger partial charge in [-0.25, -0.2) is 8.42 Å². The van der Waals surface area contributed by atoms with Gasteiger partial charge < -0.3 is 9.47 Å². The number of hydrogen-bond acceptors (Lipinski definition) is 4. The molecule has 0 aromatic heterocycles. The number of benzene rings is 2. The summed E-state index contributed by atoms with van der Waals surface area (Å²) in [7, 11) is -3.63. The molecule has 0 saturated carbocycles. The Hall–Kier alpha value is -2.21. The lowest BCUT2D eigenvalue weighted by atomic mass is 10.1. The first-order valence-electron chi connectivity index (χ1n) is 7.99. The van der Waals surface area contributed by atoms with E-state index in [1.807, 2.05) is 13.8 Å². The van der Waals surface area contributed by atoms with Crippen molar-refractivity contribution in [2.75, 3.05) is 11.3 Å². The van der Waals surface area contributed by atoms with Crippen LogP contribution in [-0.4, -0.2) is 21.1 Å². The van der Waals surface area contributed by atoms with E-state index >= 15 is 0 Å². The third-order valence-electron chi connectivity index (χ3n) is 3.67. The highest BCUT2D eigenvalue weighted by molar-refractivity contribution is 7.92. The minimum absolute atomic E-state index is 0.0743. The van der Waals surface area contributed by atoms with Gasteiger partial charge in [0.2, 0.25) is 0 Å². The van der Waals surface area contributed by atoms with Crippen LogP contribution in [0.25, 0.3) is 0 Å². The zero-order valence-electron chi connectivity index (χ0n) is 13.8. The average Bonchev–Trinajstić information content (AvgIpc) is 2.55. The Balaban J connectivity index is 1.78. The Morgan fingerprint density at radius 1 is 1.12 bits per heavy atom. The number of anilines is 1. The second-order valence-corrected chi connectivity index (χ2v) is 7.70. The second kappa shape index (κ2) is 6.73. The van der Waals surface area contributed by atoms with Gasteiger partial charge in [-0.15, -0.1) is 0 Å². The van der Waals surface area contributed by atoms with E-state index in [9.17, 15) is 8.42 Å². The molecule has 0 aliphatic carbocycles. The number of fused-ring (bicyclic) bond motifs is 1. The van der Waals surface area contributed by atoms with Crippen molar-refractivity contribution in [3.8, 4) is 11.5 Å². The van der Waals surface area contributed by atoms with E-state index in [2.05, 4.69) is 4.72 Å². The molecule has 0 fully saturated rings. The summed E-state index contributed by atoms with van der Waals surface area (Å²) in [5.41, 5.74) is 1.44. The van der Waals surface area contributed by atoms with Crippen molar-refractivity contribution in [1.29, 1.82) is 0 Å². The van der Waals surface area contributed by atoms with Gasteiger partial charge in [-0.2, -0.15) is 0 Å². The van der Waals surface area contributed by atoms with Gasteiger partial charge in [0, 0.05) is 5.69 Å². The average molecular weight is 347 g/mol. The summed E-state index contributed by atoms with van der Waals surface area (Å²) in [6, 6.07) is 11.9. The number of aryl methyl sites for hydroxylation is 1. The topological polar surface area (TPSA) is 64.6 Å². The minimum atomic E-state index is -3.63. The Bertz CT molecular complexity index is 813. The number of nitrogens with one attached hydrogen (secondary N) is 1. The quantitative estimate of drug-likeness (QED) is 0.897. The van der Waals surface area contributed by atoms with E-state index in [1.54, 1.807) is 42.5 Å². The predicted molar refractivity (Wildman–Crippen MR) is 93.3 cm³/mol. The molecular weight excluding hydrogens is 326 g/mol. The van der Waals surface area contributed by atoms with Gasteiger partial charge in [-0.1, -0.05) is 0 Å². The largest absolute Gasteiger partial charge is 0.493 e. The zero-order chi connectivity index (χ0) is 17.2. The molecule has 0 saturated heterocycles. The lowest BCUT2D eigenvalue weighted by Crippen LogP contribution is -2.15.